The molecule has 2 N–H and O–H groups in total. The van der Waals surface area contributed by atoms with Gasteiger partial charge in [0.2, 0.25) is 5.91 Å². The van der Waals surface area contributed by atoms with Crippen molar-refractivity contribution < 1.29 is 9.53 Å². The van der Waals surface area contributed by atoms with Crippen molar-refractivity contribution in [1.29, 1.82) is 0 Å². The molecule has 1 fully saturated rings. The summed E-state index contributed by atoms with van der Waals surface area (Å²) in [6.07, 6.45) is 5.07. The first-order chi connectivity index (χ1) is 9.78. The topological polar surface area (TPSA) is 50.4 Å². The fourth-order valence-corrected chi connectivity index (χ4v) is 2.39. The van der Waals surface area contributed by atoms with Crippen molar-refractivity contribution in [3.63, 3.8) is 0 Å². The van der Waals surface area contributed by atoms with Gasteiger partial charge in [0, 0.05) is 18.2 Å². The van der Waals surface area contributed by atoms with Crippen LogP contribution in [0.3, 0.4) is 0 Å². The molecule has 1 aliphatic heterocycles. The molecule has 1 aromatic rings. The zero-order valence-electron chi connectivity index (χ0n) is 12.2. The van der Waals surface area contributed by atoms with Crippen LogP contribution >= 0.6 is 0 Å². The quantitative estimate of drug-likeness (QED) is 0.840. The zero-order valence-corrected chi connectivity index (χ0v) is 12.2. The van der Waals surface area contributed by atoms with Crippen LogP contribution in [0.15, 0.2) is 24.3 Å². The number of carbonyl (C=O) groups excluding carboxylic acids is 1. The molecule has 0 saturated carbocycles. The lowest BCUT2D eigenvalue weighted by molar-refractivity contribution is -0.116. The van der Waals surface area contributed by atoms with Gasteiger partial charge < -0.3 is 15.4 Å². The molecule has 1 heterocycles. The maximum Gasteiger partial charge on any atom is 0.225 e. The number of amides is 1. The zero-order chi connectivity index (χ0) is 14.2. The molecule has 4 nitrogen and oxygen atoms in total. The van der Waals surface area contributed by atoms with E-state index in [2.05, 4.69) is 17.6 Å². The van der Waals surface area contributed by atoms with Crippen molar-refractivity contribution in [2.24, 2.45) is 0 Å². The lowest BCUT2D eigenvalue weighted by Gasteiger charge is -2.22. The summed E-state index contributed by atoms with van der Waals surface area (Å²) in [7, 11) is 0. The van der Waals surface area contributed by atoms with Gasteiger partial charge in [-0.1, -0.05) is 13.3 Å². The smallest absolute Gasteiger partial charge is 0.225 e. The summed E-state index contributed by atoms with van der Waals surface area (Å²) in [6.45, 7) is 3.83. The Labute approximate surface area is 120 Å². The van der Waals surface area contributed by atoms with Gasteiger partial charge in [-0.25, -0.2) is 0 Å². The second-order valence-corrected chi connectivity index (χ2v) is 5.27. The Morgan fingerprint density at radius 1 is 1.35 bits per heavy atom. The van der Waals surface area contributed by atoms with Crippen LogP contribution in [-0.2, 0) is 4.79 Å². The number of benzene rings is 1. The predicted octanol–water partition coefficient (Wildman–Crippen LogP) is 2.95. The second kappa shape index (κ2) is 7.90. The Morgan fingerprint density at radius 2 is 2.15 bits per heavy atom. The first kappa shape index (κ1) is 14.9. The lowest BCUT2D eigenvalue weighted by atomic mass is 10.0. The molecule has 0 bridgehead atoms. The molecule has 1 saturated heterocycles. The lowest BCUT2D eigenvalue weighted by Crippen LogP contribution is -2.36. The summed E-state index contributed by atoms with van der Waals surface area (Å²) >= 11 is 0. The highest BCUT2D eigenvalue weighted by molar-refractivity contribution is 5.91. The van der Waals surface area contributed by atoms with E-state index in [4.69, 9.17) is 4.74 Å². The minimum Gasteiger partial charge on any atom is -0.494 e. The number of nitrogens with one attached hydrogen (secondary N) is 2. The third-order valence-corrected chi connectivity index (χ3v) is 3.46. The molecule has 110 valence electrons. The third-order valence-electron chi connectivity index (χ3n) is 3.46. The summed E-state index contributed by atoms with van der Waals surface area (Å²) in [6, 6.07) is 7.89. The standard InChI is InChI=1S/C16H24N2O2/c1-2-11-20-15-8-6-13(7-9-15)18-16(19)12-14-5-3-4-10-17-14/h6-9,14,17H,2-5,10-12H2,1H3,(H,18,19). The molecule has 1 unspecified atom stereocenters. The van der Waals surface area contributed by atoms with E-state index >= 15 is 0 Å². The molecule has 1 amide bonds. The minimum atomic E-state index is 0.0756. The molecular weight excluding hydrogens is 252 g/mol. The van der Waals surface area contributed by atoms with Gasteiger partial charge in [-0.3, -0.25) is 4.79 Å². The molecule has 2 rings (SSSR count). The van der Waals surface area contributed by atoms with E-state index in [0.29, 0.717) is 12.5 Å². The van der Waals surface area contributed by atoms with Crippen molar-refractivity contribution in [3.05, 3.63) is 24.3 Å². The van der Waals surface area contributed by atoms with E-state index in [1.165, 1.54) is 12.8 Å². The van der Waals surface area contributed by atoms with Crippen molar-refractivity contribution in [2.75, 3.05) is 18.5 Å². The molecule has 0 spiro atoms. The van der Waals surface area contributed by atoms with E-state index < -0.39 is 0 Å². The van der Waals surface area contributed by atoms with E-state index in [1.807, 2.05) is 24.3 Å². The number of carbonyl (C=O) groups is 1. The maximum absolute atomic E-state index is 12.0. The fraction of sp³-hybridized carbons (Fsp3) is 0.562. The van der Waals surface area contributed by atoms with Crippen molar-refractivity contribution in [2.45, 2.75) is 45.1 Å². The Morgan fingerprint density at radius 3 is 2.80 bits per heavy atom. The Balaban J connectivity index is 1.78. The van der Waals surface area contributed by atoms with Gasteiger partial charge in [-0.15, -0.1) is 0 Å². The normalized spacial score (nSPS) is 18.6. The number of rotatable bonds is 6. The second-order valence-electron chi connectivity index (χ2n) is 5.27. The largest absolute Gasteiger partial charge is 0.494 e. The van der Waals surface area contributed by atoms with E-state index in [1.54, 1.807) is 0 Å². The molecule has 0 aromatic heterocycles. The fourth-order valence-electron chi connectivity index (χ4n) is 2.39. The SMILES string of the molecule is CCCOc1ccc(NC(=O)CC2CCCCN2)cc1. The van der Waals surface area contributed by atoms with Gasteiger partial charge in [0.15, 0.2) is 0 Å². The highest BCUT2D eigenvalue weighted by Gasteiger charge is 2.16. The molecule has 0 aliphatic carbocycles. The number of anilines is 1. The average molecular weight is 276 g/mol. The summed E-state index contributed by atoms with van der Waals surface area (Å²) in [5, 5.41) is 6.33. The van der Waals surface area contributed by atoms with Gasteiger partial charge in [-0.2, -0.15) is 0 Å². The first-order valence-corrected chi connectivity index (χ1v) is 7.54. The molecular formula is C16H24N2O2. The number of hydrogen-bond acceptors (Lipinski definition) is 3. The third kappa shape index (κ3) is 4.85. The molecule has 1 aromatic carbocycles. The van der Waals surface area contributed by atoms with Crippen LogP contribution in [0.4, 0.5) is 5.69 Å². The van der Waals surface area contributed by atoms with Crippen molar-refractivity contribution in [1.82, 2.24) is 5.32 Å². The molecule has 4 heteroatoms. The summed E-state index contributed by atoms with van der Waals surface area (Å²) in [5.74, 6) is 0.922. The number of ether oxygens (including phenoxy) is 1. The van der Waals surface area contributed by atoms with Crippen molar-refractivity contribution >= 4 is 11.6 Å². The molecule has 1 aliphatic rings. The highest BCUT2D eigenvalue weighted by atomic mass is 16.5. The maximum atomic E-state index is 12.0. The summed E-state index contributed by atoms with van der Waals surface area (Å²) in [4.78, 5) is 12.0. The van der Waals surface area contributed by atoms with Gasteiger partial charge >= 0.3 is 0 Å². The molecule has 1 atom stereocenters. The minimum absolute atomic E-state index is 0.0756. The van der Waals surface area contributed by atoms with E-state index in [9.17, 15) is 4.79 Å². The van der Waals surface area contributed by atoms with Crippen LogP contribution in [-0.4, -0.2) is 25.1 Å². The van der Waals surface area contributed by atoms with Crippen LogP contribution < -0.4 is 15.4 Å². The Bertz CT molecular complexity index is 411. The van der Waals surface area contributed by atoms with Crippen molar-refractivity contribution in [3.8, 4) is 5.75 Å². The first-order valence-electron chi connectivity index (χ1n) is 7.54. The average Bonchev–Trinajstić information content (AvgIpc) is 2.47. The Hall–Kier alpha value is -1.55. The number of hydrogen-bond donors (Lipinski definition) is 2. The predicted molar refractivity (Wildman–Crippen MR) is 81.1 cm³/mol. The van der Waals surface area contributed by atoms with Gasteiger partial charge in [0.05, 0.1) is 6.61 Å². The van der Waals surface area contributed by atoms with Crippen LogP contribution in [0.5, 0.6) is 5.75 Å². The van der Waals surface area contributed by atoms with Gasteiger partial charge in [0.25, 0.3) is 0 Å². The van der Waals surface area contributed by atoms with Crippen LogP contribution in [0.25, 0.3) is 0 Å². The van der Waals surface area contributed by atoms with E-state index in [-0.39, 0.29) is 5.91 Å². The monoisotopic (exact) mass is 276 g/mol. The molecule has 20 heavy (non-hydrogen) atoms. The summed E-state index contributed by atoms with van der Waals surface area (Å²) in [5.41, 5.74) is 0.828. The van der Waals surface area contributed by atoms with Crippen LogP contribution in [0, 0.1) is 0 Å². The van der Waals surface area contributed by atoms with Gasteiger partial charge in [0.1, 0.15) is 5.75 Å². The highest BCUT2D eigenvalue weighted by Crippen LogP contribution is 2.17. The van der Waals surface area contributed by atoms with Gasteiger partial charge in [-0.05, 0) is 50.1 Å². The van der Waals surface area contributed by atoms with Crippen LogP contribution in [0.1, 0.15) is 39.0 Å². The van der Waals surface area contributed by atoms with Crippen LogP contribution in [0.2, 0.25) is 0 Å². The Kier molecular flexibility index (Phi) is 5.87. The number of piperidine rings is 1. The van der Waals surface area contributed by atoms with E-state index in [0.717, 1.165) is 37.4 Å². The summed E-state index contributed by atoms with van der Waals surface area (Å²) < 4.78 is 5.51. The molecule has 0 radical (unpaired) electrons.